The summed E-state index contributed by atoms with van der Waals surface area (Å²) < 4.78 is 0. The van der Waals surface area contributed by atoms with Crippen molar-refractivity contribution in [3.05, 3.63) is 6.42 Å². The lowest BCUT2D eigenvalue weighted by molar-refractivity contribution is 0.455. The highest BCUT2D eigenvalue weighted by atomic mass is 16.1. The number of isocyanates is 2. The van der Waals surface area contributed by atoms with Gasteiger partial charge in [-0.25, -0.2) is 9.59 Å². The molecule has 0 heterocycles. The largest absolute Gasteiger partial charge is 0.237 e. The third-order valence-corrected chi connectivity index (χ3v) is 1.73. The molecule has 0 saturated heterocycles. The predicted octanol–water partition coefficient (Wildman–Crippen LogP) is 0.742. The summed E-state index contributed by atoms with van der Waals surface area (Å²) in [5, 5.41) is 0. The van der Waals surface area contributed by atoms with E-state index in [4.69, 9.17) is 0 Å². The van der Waals surface area contributed by atoms with Gasteiger partial charge < -0.3 is 0 Å². The van der Waals surface area contributed by atoms with Crippen molar-refractivity contribution in [3.63, 3.8) is 0 Å². The van der Waals surface area contributed by atoms with E-state index in [2.05, 4.69) is 9.98 Å². The molecule has 1 rings (SSSR count). The third-order valence-electron chi connectivity index (χ3n) is 1.73. The number of aliphatic imine (C=N–C) groups is 2. The molecular formula is C7H7N2O2. The Bertz CT molecular complexity index is 211. The summed E-state index contributed by atoms with van der Waals surface area (Å²) in [5.74, 6) is 0. The number of rotatable bonds is 2. The van der Waals surface area contributed by atoms with Gasteiger partial charge in [0.05, 0.1) is 0 Å². The fraction of sp³-hybridized carbons (Fsp3) is 0.571. The Morgan fingerprint density at radius 1 is 1.27 bits per heavy atom. The summed E-state index contributed by atoms with van der Waals surface area (Å²) >= 11 is 0. The van der Waals surface area contributed by atoms with E-state index in [1.165, 1.54) is 12.2 Å². The lowest BCUT2D eigenvalue weighted by atomic mass is 10.1. The number of nitrogens with zero attached hydrogens (tertiary/aromatic N) is 2. The van der Waals surface area contributed by atoms with Crippen molar-refractivity contribution in [1.29, 1.82) is 0 Å². The topological polar surface area (TPSA) is 58.9 Å². The van der Waals surface area contributed by atoms with Crippen molar-refractivity contribution in [2.75, 3.05) is 0 Å². The second-order valence-electron chi connectivity index (χ2n) is 2.42. The zero-order valence-electron chi connectivity index (χ0n) is 5.91. The summed E-state index contributed by atoms with van der Waals surface area (Å²) in [7, 11) is 0. The molecule has 4 heteroatoms. The van der Waals surface area contributed by atoms with Crippen molar-refractivity contribution >= 4 is 12.2 Å². The zero-order chi connectivity index (χ0) is 8.16. The molecular weight excluding hydrogens is 144 g/mol. The molecule has 0 aromatic heterocycles. The smallest absolute Gasteiger partial charge is 0.211 e. The van der Waals surface area contributed by atoms with Gasteiger partial charge in [0, 0.05) is 0 Å². The van der Waals surface area contributed by atoms with E-state index in [0.717, 1.165) is 6.42 Å². The lowest BCUT2D eigenvalue weighted by Gasteiger charge is -2.12. The van der Waals surface area contributed by atoms with Gasteiger partial charge >= 0.3 is 0 Å². The number of hydrogen-bond acceptors (Lipinski definition) is 4. The molecule has 11 heavy (non-hydrogen) atoms. The monoisotopic (exact) mass is 151 g/mol. The SMILES string of the molecule is O=C=NC1(N=C=O)C[CH]CC1. The Balaban J connectivity index is 2.86. The van der Waals surface area contributed by atoms with Crippen LogP contribution in [0.2, 0.25) is 0 Å². The lowest BCUT2D eigenvalue weighted by Crippen LogP contribution is -2.17. The summed E-state index contributed by atoms with van der Waals surface area (Å²) in [6, 6.07) is 0. The molecule has 0 bridgehead atoms. The van der Waals surface area contributed by atoms with Crippen molar-refractivity contribution in [3.8, 4) is 0 Å². The average Bonchev–Trinajstić information content (AvgIpc) is 2.39. The van der Waals surface area contributed by atoms with Crippen LogP contribution in [-0.4, -0.2) is 17.8 Å². The third kappa shape index (κ3) is 1.61. The van der Waals surface area contributed by atoms with Crippen LogP contribution in [0.4, 0.5) is 0 Å². The molecule has 0 atom stereocenters. The Hall–Kier alpha value is -1.24. The van der Waals surface area contributed by atoms with Crippen LogP contribution in [0.15, 0.2) is 9.98 Å². The molecule has 0 spiro atoms. The van der Waals surface area contributed by atoms with E-state index in [1.54, 1.807) is 0 Å². The molecule has 57 valence electrons. The summed E-state index contributed by atoms with van der Waals surface area (Å²) in [4.78, 5) is 26.8. The van der Waals surface area contributed by atoms with Crippen LogP contribution in [0, 0.1) is 6.42 Å². The van der Waals surface area contributed by atoms with Crippen molar-refractivity contribution < 1.29 is 9.59 Å². The maximum atomic E-state index is 9.95. The molecule has 0 aromatic carbocycles. The summed E-state index contributed by atoms with van der Waals surface area (Å²) in [5.41, 5.74) is -0.858. The highest BCUT2D eigenvalue weighted by Crippen LogP contribution is 2.32. The van der Waals surface area contributed by atoms with Gasteiger partial charge in [-0.15, -0.1) is 0 Å². The van der Waals surface area contributed by atoms with Crippen molar-refractivity contribution in [2.24, 2.45) is 9.98 Å². The first kappa shape index (κ1) is 7.86. The minimum absolute atomic E-state index is 0.539. The number of hydrogen-bond donors (Lipinski definition) is 0. The zero-order valence-corrected chi connectivity index (χ0v) is 5.91. The number of carbonyl (C=O) groups excluding carboxylic acids is 2. The van der Waals surface area contributed by atoms with Crippen LogP contribution in [0.25, 0.3) is 0 Å². The highest BCUT2D eigenvalue weighted by molar-refractivity contribution is 5.39. The predicted molar refractivity (Wildman–Crippen MR) is 37.1 cm³/mol. The summed E-state index contributed by atoms with van der Waals surface area (Å²) in [6.45, 7) is 0. The van der Waals surface area contributed by atoms with Gasteiger partial charge in [0.15, 0.2) is 5.66 Å². The first-order chi connectivity index (χ1) is 5.33. The Morgan fingerprint density at radius 3 is 2.27 bits per heavy atom. The van der Waals surface area contributed by atoms with E-state index in [-0.39, 0.29) is 0 Å². The Morgan fingerprint density at radius 2 is 1.91 bits per heavy atom. The molecule has 0 aromatic rings. The summed E-state index contributed by atoms with van der Waals surface area (Å²) in [6.07, 6.45) is 6.76. The maximum Gasteiger partial charge on any atom is 0.237 e. The van der Waals surface area contributed by atoms with Crippen LogP contribution >= 0.6 is 0 Å². The fourth-order valence-electron chi connectivity index (χ4n) is 1.17. The molecule has 1 saturated carbocycles. The van der Waals surface area contributed by atoms with Crippen molar-refractivity contribution in [1.82, 2.24) is 0 Å². The Labute approximate surface area is 64.0 Å². The van der Waals surface area contributed by atoms with Gasteiger partial charge in [0.25, 0.3) is 0 Å². The van der Waals surface area contributed by atoms with Gasteiger partial charge in [-0.3, -0.25) is 0 Å². The van der Waals surface area contributed by atoms with E-state index in [0.29, 0.717) is 12.8 Å². The van der Waals surface area contributed by atoms with E-state index in [1.807, 2.05) is 6.42 Å². The normalized spacial score (nSPS) is 20.0. The van der Waals surface area contributed by atoms with E-state index in [9.17, 15) is 9.59 Å². The minimum Gasteiger partial charge on any atom is -0.211 e. The second-order valence-corrected chi connectivity index (χ2v) is 2.42. The van der Waals surface area contributed by atoms with Crippen LogP contribution in [0.3, 0.4) is 0 Å². The van der Waals surface area contributed by atoms with E-state index >= 15 is 0 Å². The standard InChI is InChI=1S/C7H7N2O2/c10-5-8-7(9-6-11)3-1-2-4-7/h1H,2-4H2. The molecule has 1 fully saturated rings. The molecule has 1 aliphatic carbocycles. The molecule has 0 amide bonds. The van der Waals surface area contributed by atoms with Crippen LogP contribution < -0.4 is 0 Å². The molecule has 1 aliphatic rings. The minimum atomic E-state index is -0.858. The van der Waals surface area contributed by atoms with Gasteiger partial charge in [0.1, 0.15) is 0 Å². The molecule has 1 radical (unpaired) electrons. The van der Waals surface area contributed by atoms with Crippen LogP contribution in [-0.2, 0) is 9.59 Å². The molecule has 4 nitrogen and oxygen atoms in total. The first-order valence-corrected chi connectivity index (χ1v) is 3.33. The van der Waals surface area contributed by atoms with Gasteiger partial charge in [-0.2, -0.15) is 9.98 Å². The van der Waals surface area contributed by atoms with Crippen LogP contribution in [0.5, 0.6) is 0 Å². The first-order valence-electron chi connectivity index (χ1n) is 3.33. The molecule has 0 N–H and O–H groups in total. The van der Waals surface area contributed by atoms with E-state index < -0.39 is 5.66 Å². The fourth-order valence-corrected chi connectivity index (χ4v) is 1.17. The van der Waals surface area contributed by atoms with Gasteiger partial charge in [-0.1, -0.05) is 0 Å². The second kappa shape index (κ2) is 3.24. The maximum absolute atomic E-state index is 9.95. The highest BCUT2D eigenvalue weighted by Gasteiger charge is 2.33. The van der Waals surface area contributed by atoms with Crippen molar-refractivity contribution in [2.45, 2.75) is 24.9 Å². The quantitative estimate of drug-likeness (QED) is 0.431. The molecule has 0 unspecified atom stereocenters. The van der Waals surface area contributed by atoms with Gasteiger partial charge in [-0.05, 0) is 25.7 Å². The van der Waals surface area contributed by atoms with Gasteiger partial charge in [0.2, 0.25) is 12.2 Å². The Kier molecular flexibility index (Phi) is 2.32. The van der Waals surface area contributed by atoms with Crippen LogP contribution in [0.1, 0.15) is 19.3 Å². The molecule has 0 aliphatic heterocycles. The average molecular weight is 151 g/mol.